The third-order valence-electron chi connectivity index (χ3n) is 1.88. The minimum atomic E-state index is -0.643. The Balaban J connectivity index is -0.000000233. The molecule has 0 fully saturated rings. The number of hydrogen-bond acceptors (Lipinski definition) is 4. The molecule has 0 radical (unpaired) electrons. The Hall–Kier alpha value is -0.650. The van der Waals surface area contributed by atoms with Crippen molar-refractivity contribution in [3.05, 3.63) is 0 Å². The molecule has 5 heteroatoms. The van der Waals surface area contributed by atoms with Crippen molar-refractivity contribution in [3.63, 3.8) is 0 Å². The highest BCUT2D eigenvalue weighted by molar-refractivity contribution is 5.69. The summed E-state index contributed by atoms with van der Waals surface area (Å²) in [4.78, 5) is 12.4. The molecule has 0 rings (SSSR count). The summed E-state index contributed by atoms with van der Waals surface area (Å²) >= 11 is 0. The summed E-state index contributed by atoms with van der Waals surface area (Å²) in [5.41, 5.74) is 4.78. The lowest BCUT2D eigenvalue weighted by Crippen LogP contribution is -2.11. The maximum Gasteiger partial charge on any atom is 0.306 e. The van der Waals surface area contributed by atoms with Gasteiger partial charge in [-0.3, -0.25) is 4.79 Å². The highest BCUT2D eigenvalue weighted by atomic mass is 16.4. The summed E-state index contributed by atoms with van der Waals surface area (Å²) in [5.74, 6) is -0.754. The number of aliphatic hydroxyl groups is 1. The van der Waals surface area contributed by atoms with Gasteiger partial charge in [0.1, 0.15) is 0 Å². The second-order valence-electron chi connectivity index (χ2n) is 4.44. The van der Waals surface area contributed by atoms with Crippen molar-refractivity contribution >= 4 is 5.97 Å². The molecule has 0 saturated heterocycles. The third kappa shape index (κ3) is 29.5. The maximum atomic E-state index is 10.4. The van der Waals surface area contributed by atoms with Crippen molar-refractivity contribution in [1.29, 1.82) is 0 Å². The zero-order valence-electron chi connectivity index (χ0n) is 12.6. The number of carbonyl (C=O) groups is 1. The van der Waals surface area contributed by atoms with E-state index in [0.717, 1.165) is 25.7 Å². The molecule has 0 aromatic heterocycles. The van der Waals surface area contributed by atoms with E-state index in [4.69, 9.17) is 15.9 Å². The molecule has 18 heavy (non-hydrogen) atoms. The molecule has 0 amide bonds. The number of hydrogen-bond donors (Lipinski definition) is 3. The smallest absolute Gasteiger partial charge is 0.306 e. The second kappa shape index (κ2) is 18.7. The zero-order chi connectivity index (χ0) is 15.0. The maximum absolute atomic E-state index is 10.4. The highest BCUT2D eigenvalue weighted by Crippen LogP contribution is 2.11. The summed E-state index contributed by atoms with van der Waals surface area (Å²) in [6.45, 7) is 4.48. The Morgan fingerprint density at radius 2 is 1.67 bits per heavy atom. The van der Waals surface area contributed by atoms with Gasteiger partial charge < -0.3 is 20.8 Å². The van der Waals surface area contributed by atoms with Crippen LogP contribution < -0.4 is 5.73 Å². The summed E-state index contributed by atoms with van der Waals surface area (Å²) in [5, 5.41) is 16.3. The number of nitrogens with zero attached hydrogens (tertiary/aromatic N) is 1. The first-order valence-corrected chi connectivity index (χ1v) is 6.51. The number of aliphatic hydroxyl groups excluding tert-OH is 1. The lowest BCUT2D eigenvalue weighted by molar-refractivity contribution is -0.142. The Bertz CT molecular complexity index is 160. The molecule has 0 aromatic rings. The normalized spacial score (nSPS) is 10.9. The van der Waals surface area contributed by atoms with Crippen LogP contribution in [0.4, 0.5) is 0 Å². The van der Waals surface area contributed by atoms with E-state index in [1.807, 2.05) is 33.0 Å². The molecule has 0 spiro atoms. The van der Waals surface area contributed by atoms with Gasteiger partial charge in [-0.1, -0.05) is 26.7 Å². The van der Waals surface area contributed by atoms with Crippen LogP contribution in [0.1, 0.15) is 39.5 Å². The molecule has 0 heterocycles. The molecule has 4 N–H and O–H groups in total. The standard InChI is InChI=1S/C8H16O2.C3H9N.C2H7NO/c1-3-5-6-7(4-2)8(9)10;1-4(2)3;3-1-2-4/h7H,3-6H2,1-2H3,(H,9,10);1-3H3;4H,1-3H2. The van der Waals surface area contributed by atoms with Gasteiger partial charge in [-0.05, 0) is 34.0 Å². The van der Waals surface area contributed by atoms with Crippen LogP contribution in [0.3, 0.4) is 0 Å². The predicted octanol–water partition coefficient (Wildman–Crippen LogP) is 1.40. The molecular formula is C13H32N2O3. The fourth-order valence-corrected chi connectivity index (χ4v) is 0.953. The van der Waals surface area contributed by atoms with E-state index in [1.165, 1.54) is 0 Å². The van der Waals surface area contributed by atoms with Crippen LogP contribution >= 0.6 is 0 Å². The quantitative estimate of drug-likeness (QED) is 0.675. The van der Waals surface area contributed by atoms with Crippen molar-refractivity contribution in [2.75, 3.05) is 34.3 Å². The average molecular weight is 264 g/mol. The Labute approximate surface area is 112 Å². The number of carboxylic acid groups (broad SMARTS) is 1. The third-order valence-corrected chi connectivity index (χ3v) is 1.88. The number of nitrogens with two attached hydrogens (primary N) is 1. The van der Waals surface area contributed by atoms with Gasteiger partial charge in [0.05, 0.1) is 12.5 Å². The number of unbranched alkanes of at least 4 members (excludes halogenated alkanes) is 1. The fraction of sp³-hybridized carbons (Fsp3) is 0.923. The fourth-order valence-electron chi connectivity index (χ4n) is 0.953. The van der Waals surface area contributed by atoms with E-state index in [2.05, 4.69) is 6.92 Å². The van der Waals surface area contributed by atoms with Gasteiger partial charge in [0.15, 0.2) is 0 Å². The van der Waals surface area contributed by atoms with Crippen molar-refractivity contribution in [1.82, 2.24) is 4.90 Å². The largest absolute Gasteiger partial charge is 0.481 e. The lowest BCUT2D eigenvalue weighted by atomic mass is 10.00. The van der Waals surface area contributed by atoms with Crippen LogP contribution in [0.15, 0.2) is 0 Å². The van der Waals surface area contributed by atoms with E-state index in [0.29, 0.717) is 6.54 Å². The highest BCUT2D eigenvalue weighted by Gasteiger charge is 2.12. The van der Waals surface area contributed by atoms with Crippen LogP contribution in [-0.4, -0.2) is 55.4 Å². The minimum Gasteiger partial charge on any atom is -0.481 e. The van der Waals surface area contributed by atoms with E-state index in [-0.39, 0.29) is 12.5 Å². The molecule has 5 nitrogen and oxygen atoms in total. The first-order chi connectivity index (χ1) is 8.37. The number of carboxylic acids is 1. The summed E-state index contributed by atoms with van der Waals surface area (Å²) < 4.78 is 0. The monoisotopic (exact) mass is 264 g/mol. The van der Waals surface area contributed by atoms with Crippen LogP contribution in [0.2, 0.25) is 0 Å². The van der Waals surface area contributed by atoms with Crippen molar-refractivity contribution < 1.29 is 15.0 Å². The molecule has 0 aromatic carbocycles. The molecule has 1 atom stereocenters. The Morgan fingerprint density at radius 1 is 1.28 bits per heavy atom. The molecular weight excluding hydrogens is 232 g/mol. The first kappa shape index (κ1) is 22.5. The Kier molecular flexibility index (Phi) is 23.4. The Morgan fingerprint density at radius 3 is 1.83 bits per heavy atom. The number of aliphatic carboxylic acids is 1. The van der Waals surface area contributed by atoms with Crippen LogP contribution in [0.25, 0.3) is 0 Å². The average Bonchev–Trinajstić information content (AvgIpc) is 2.29. The first-order valence-electron chi connectivity index (χ1n) is 6.51. The zero-order valence-corrected chi connectivity index (χ0v) is 12.6. The minimum absolute atomic E-state index is 0.0972. The van der Waals surface area contributed by atoms with Crippen LogP contribution in [-0.2, 0) is 4.79 Å². The van der Waals surface area contributed by atoms with Crippen molar-refractivity contribution in [2.24, 2.45) is 11.7 Å². The molecule has 0 aliphatic heterocycles. The molecule has 1 unspecified atom stereocenters. The molecule has 0 bridgehead atoms. The van der Waals surface area contributed by atoms with Crippen molar-refractivity contribution in [3.8, 4) is 0 Å². The van der Waals surface area contributed by atoms with Crippen LogP contribution in [0, 0.1) is 5.92 Å². The van der Waals surface area contributed by atoms with E-state index in [9.17, 15) is 4.79 Å². The van der Waals surface area contributed by atoms with E-state index < -0.39 is 5.97 Å². The summed E-state index contributed by atoms with van der Waals surface area (Å²) in [6, 6.07) is 0. The van der Waals surface area contributed by atoms with Gasteiger partial charge >= 0.3 is 5.97 Å². The van der Waals surface area contributed by atoms with Gasteiger partial charge in [0.25, 0.3) is 0 Å². The molecule has 112 valence electrons. The topological polar surface area (TPSA) is 86.8 Å². The SMILES string of the molecule is CCCCC(CC)C(=O)O.CN(C)C.NCCO. The van der Waals surface area contributed by atoms with E-state index in [1.54, 1.807) is 0 Å². The number of rotatable bonds is 6. The summed E-state index contributed by atoms with van der Waals surface area (Å²) in [6.07, 6.45) is 3.71. The lowest BCUT2D eigenvalue weighted by Gasteiger charge is -2.06. The predicted molar refractivity (Wildman–Crippen MR) is 76.7 cm³/mol. The molecule has 0 saturated carbocycles. The van der Waals surface area contributed by atoms with Gasteiger partial charge in [-0.15, -0.1) is 0 Å². The van der Waals surface area contributed by atoms with Gasteiger partial charge in [-0.25, -0.2) is 0 Å². The molecule has 0 aliphatic carbocycles. The van der Waals surface area contributed by atoms with Crippen LogP contribution in [0.5, 0.6) is 0 Å². The van der Waals surface area contributed by atoms with Gasteiger partial charge in [0.2, 0.25) is 0 Å². The summed E-state index contributed by atoms with van der Waals surface area (Å²) in [7, 11) is 6.00. The van der Waals surface area contributed by atoms with Gasteiger partial charge in [0, 0.05) is 6.54 Å². The van der Waals surface area contributed by atoms with Gasteiger partial charge in [-0.2, -0.15) is 0 Å². The second-order valence-corrected chi connectivity index (χ2v) is 4.44. The van der Waals surface area contributed by atoms with Crippen molar-refractivity contribution in [2.45, 2.75) is 39.5 Å². The molecule has 0 aliphatic rings. The van der Waals surface area contributed by atoms with E-state index >= 15 is 0 Å².